The monoisotopic (exact) mass is 551 g/mol. The molecule has 0 aliphatic carbocycles. The molecule has 0 spiro atoms. The third-order valence-electron chi connectivity index (χ3n) is 6.13. The lowest BCUT2D eigenvalue weighted by Crippen LogP contribution is -2.48. The summed E-state index contributed by atoms with van der Waals surface area (Å²) in [5.41, 5.74) is 2.60. The molecule has 0 aliphatic heterocycles. The van der Waals surface area contributed by atoms with Gasteiger partial charge in [0.2, 0.25) is 0 Å². The fourth-order valence-electron chi connectivity index (χ4n) is 4.13. The van der Waals surface area contributed by atoms with E-state index in [0.717, 1.165) is 23.1 Å². The summed E-state index contributed by atoms with van der Waals surface area (Å²) in [6.07, 6.45) is 1.61. The number of carbonyl (C=O) groups excluding carboxylic acids is 1. The first-order chi connectivity index (χ1) is 18.9. The zero-order chi connectivity index (χ0) is 27.6. The van der Waals surface area contributed by atoms with Crippen molar-refractivity contribution < 1.29 is 23.1 Å². The molecule has 204 valence electrons. The number of pyridine rings is 1. The molecule has 1 amide bonds. The Hall–Kier alpha value is -3.53. The number of rotatable bonds is 13. The van der Waals surface area contributed by atoms with Gasteiger partial charge in [0, 0.05) is 25.4 Å². The van der Waals surface area contributed by atoms with Gasteiger partial charge in [-0.3, -0.25) is 4.79 Å². The van der Waals surface area contributed by atoms with Crippen LogP contribution in [-0.2, 0) is 25.1 Å². The lowest BCUT2D eigenvalue weighted by atomic mass is 10.00. The van der Waals surface area contributed by atoms with E-state index in [4.69, 9.17) is 4.42 Å². The second-order valence-corrected chi connectivity index (χ2v) is 10.2. The molecule has 0 unspecified atom stereocenters. The van der Waals surface area contributed by atoms with E-state index in [2.05, 4.69) is 34.7 Å². The van der Waals surface area contributed by atoms with Crippen molar-refractivity contribution in [1.29, 1.82) is 0 Å². The van der Waals surface area contributed by atoms with E-state index in [9.17, 15) is 18.7 Å². The van der Waals surface area contributed by atoms with Gasteiger partial charge in [-0.1, -0.05) is 49.0 Å². The molecule has 2 atom stereocenters. The van der Waals surface area contributed by atoms with E-state index in [1.54, 1.807) is 18.3 Å². The molecule has 0 saturated heterocycles. The van der Waals surface area contributed by atoms with Gasteiger partial charge in [-0.25, -0.2) is 13.8 Å². The fourth-order valence-corrected chi connectivity index (χ4v) is 4.88. The molecule has 2 aromatic carbocycles. The highest BCUT2D eigenvalue weighted by Gasteiger charge is 2.24. The highest BCUT2D eigenvalue weighted by Crippen LogP contribution is 2.22. The zero-order valence-electron chi connectivity index (χ0n) is 21.6. The lowest BCUT2D eigenvalue weighted by Gasteiger charge is -2.24. The average molecular weight is 552 g/mol. The Morgan fingerprint density at radius 1 is 1.00 bits per heavy atom. The molecule has 2 aromatic heterocycles. The minimum atomic E-state index is -1.04. The van der Waals surface area contributed by atoms with Crippen molar-refractivity contribution in [2.24, 2.45) is 0 Å². The van der Waals surface area contributed by atoms with Crippen molar-refractivity contribution in [3.8, 4) is 0 Å². The van der Waals surface area contributed by atoms with E-state index in [0.29, 0.717) is 23.6 Å². The Morgan fingerprint density at radius 2 is 1.79 bits per heavy atom. The molecule has 0 saturated carbocycles. The van der Waals surface area contributed by atoms with Crippen LogP contribution in [0.4, 0.5) is 8.78 Å². The van der Waals surface area contributed by atoms with Crippen molar-refractivity contribution in [2.75, 3.05) is 6.54 Å². The van der Waals surface area contributed by atoms with Gasteiger partial charge in [-0.15, -0.1) is 0 Å². The Labute approximate surface area is 230 Å². The van der Waals surface area contributed by atoms with Gasteiger partial charge >= 0.3 is 0 Å². The zero-order valence-corrected chi connectivity index (χ0v) is 22.4. The van der Waals surface area contributed by atoms with Gasteiger partial charge < -0.3 is 20.2 Å². The summed E-state index contributed by atoms with van der Waals surface area (Å²) in [4.78, 5) is 17.3. The molecule has 0 radical (unpaired) electrons. The van der Waals surface area contributed by atoms with Gasteiger partial charge in [0.25, 0.3) is 5.91 Å². The van der Waals surface area contributed by atoms with Crippen molar-refractivity contribution in [3.63, 3.8) is 0 Å². The molecule has 3 N–H and O–H groups in total. The maximum Gasteiger partial charge on any atom is 0.287 e. The second kappa shape index (κ2) is 14.0. The third kappa shape index (κ3) is 8.74. The molecule has 4 aromatic rings. The topological polar surface area (TPSA) is 87.4 Å². The Morgan fingerprint density at radius 3 is 2.54 bits per heavy atom. The van der Waals surface area contributed by atoms with E-state index in [1.165, 1.54) is 29.5 Å². The largest absolute Gasteiger partial charge is 0.455 e. The predicted molar refractivity (Wildman–Crippen MR) is 147 cm³/mol. The number of nitrogens with one attached hydrogen (secondary N) is 2. The minimum absolute atomic E-state index is 0.0255. The molecule has 9 heteroatoms. The number of furan rings is 1. The summed E-state index contributed by atoms with van der Waals surface area (Å²) in [5.74, 6) is -0.809. The molecule has 0 fully saturated rings. The number of benzene rings is 2. The normalized spacial score (nSPS) is 12.7. The van der Waals surface area contributed by atoms with Gasteiger partial charge in [-0.2, -0.15) is 0 Å². The van der Waals surface area contributed by atoms with E-state index >= 15 is 0 Å². The smallest absolute Gasteiger partial charge is 0.287 e. The first-order valence-electron chi connectivity index (χ1n) is 12.7. The maximum absolute atomic E-state index is 13.8. The molecule has 4 rings (SSSR count). The molecule has 0 aliphatic rings. The molecule has 0 bridgehead atoms. The summed E-state index contributed by atoms with van der Waals surface area (Å²) < 4.78 is 33.4. The molecular weight excluding hydrogens is 520 g/mol. The Kier molecular flexibility index (Phi) is 10.2. The number of hydrogen-bond acceptors (Lipinski definition) is 6. The van der Waals surface area contributed by atoms with Crippen LogP contribution in [0, 0.1) is 11.6 Å². The predicted octanol–water partition coefficient (Wildman–Crippen LogP) is 5.30. The van der Waals surface area contributed by atoms with Crippen LogP contribution >= 0.6 is 11.8 Å². The van der Waals surface area contributed by atoms with Gasteiger partial charge in [0.1, 0.15) is 17.4 Å². The molecule has 39 heavy (non-hydrogen) atoms. The summed E-state index contributed by atoms with van der Waals surface area (Å²) in [6.45, 7) is 2.76. The molecule has 6 nitrogen and oxygen atoms in total. The van der Waals surface area contributed by atoms with Gasteiger partial charge in [-0.05, 0) is 65.9 Å². The van der Waals surface area contributed by atoms with Crippen LogP contribution in [0.25, 0.3) is 0 Å². The summed E-state index contributed by atoms with van der Waals surface area (Å²) in [5, 5.41) is 17.8. The quantitative estimate of drug-likeness (QED) is 0.196. The number of halogens is 2. The Balaban J connectivity index is 1.41. The summed E-state index contributed by atoms with van der Waals surface area (Å²) in [7, 11) is 0. The summed E-state index contributed by atoms with van der Waals surface area (Å²) in [6, 6.07) is 19.4. The number of aryl methyl sites for hydroxylation is 1. The number of nitrogens with zero attached hydrogens (tertiary/aromatic N) is 1. The SMILES string of the molecule is CCc1cccc(CNC[C@@H](O)[C@H](Cc2cc(F)cc(F)c2)NC(=O)c2ccc(CSc3ccccn3)o2)c1. The minimum Gasteiger partial charge on any atom is -0.455 e. The van der Waals surface area contributed by atoms with E-state index < -0.39 is 29.7 Å². The average Bonchev–Trinajstić information content (AvgIpc) is 3.41. The number of carbonyl (C=O) groups is 1. The van der Waals surface area contributed by atoms with Gasteiger partial charge in [0.15, 0.2) is 5.76 Å². The van der Waals surface area contributed by atoms with Crippen LogP contribution in [0.2, 0.25) is 0 Å². The number of aliphatic hydroxyl groups is 1. The van der Waals surface area contributed by atoms with E-state index in [1.807, 2.05) is 30.3 Å². The van der Waals surface area contributed by atoms with Crippen molar-refractivity contribution >= 4 is 17.7 Å². The summed E-state index contributed by atoms with van der Waals surface area (Å²) >= 11 is 1.48. The fraction of sp³-hybridized carbons (Fsp3) is 0.267. The number of aromatic nitrogens is 1. The number of amides is 1. The van der Waals surface area contributed by atoms with Crippen molar-refractivity contribution in [1.82, 2.24) is 15.6 Å². The van der Waals surface area contributed by atoms with Crippen LogP contribution in [-0.4, -0.2) is 34.7 Å². The maximum atomic E-state index is 13.8. The van der Waals surface area contributed by atoms with Crippen LogP contribution in [0.5, 0.6) is 0 Å². The first-order valence-corrected chi connectivity index (χ1v) is 13.7. The molecule has 2 heterocycles. The first kappa shape index (κ1) is 28.5. The highest BCUT2D eigenvalue weighted by atomic mass is 32.2. The van der Waals surface area contributed by atoms with Crippen molar-refractivity contribution in [2.45, 2.75) is 49.2 Å². The molecular formula is C30H31F2N3O3S. The van der Waals surface area contributed by atoms with Gasteiger partial charge in [0.05, 0.1) is 22.9 Å². The number of hydrogen-bond donors (Lipinski definition) is 3. The number of aliphatic hydroxyl groups excluding tert-OH is 1. The van der Waals surface area contributed by atoms with Crippen LogP contribution in [0.15, 0.2) is 88.4 Å². The standard InChI is InChI=1S/C30H31F2N3O3S/c1-2-20-6-5-7-21(12-20)17-33-18-27(36)26(15-22-13-23(31)16-24(32)14-22)35-30(37)28-10-9-25(38-28)19-39-29-8-3-4-11-34-29/h3-14,16,26-27,33,36H,2,15,17-19H2,1H3,(H,35,37)/t26-,27+/m0/s1. The van der Waals surface area contributed by atoms with Crippen molar-refractivity contribution in [3.05, 3.63) is 119 Å². The number of thioether (sulfide) groups is 1. The van der Waals surface area contributed by atoms with Crippen LogP contribution < -0.4 is 10.6 Å². The van der Waals surface area contributed by atoms with Crippen LogP contribution in [0.3, 0.4) is 0 Å². The Bertz CT molecular complexity index is 1350. The highest BCUT2D eigenvalue weighted by molar-refractivity contribution is 7.98. The van der Waals surface area contributed by atoms with Crippen LogP contribution in [0.1, 0.15) is 39.9 Å². The lowest BCUT2D eigenvalue weighted by molar-refractivity contribution is 0.0803. The van der Waals surface area contributed by atoms with E-state index in [-0.39, 0.29) is 18.7 Å². The second-order valence-electron chi connectivity index (χ2n) is 9.16. The third-order valence-corrected chi connectivity index (χ3v) is 7.09.